The zero-order chi connectivity index (χ0) is 18.4. The number of nitrogens with one attached hydrogen (secondary N) is 1. The Hall–Kier alpha value is -1.13. The lowest BCUT2D eigenvalue weighted by atomic mass is 10.1. The first-order valence-electron chi connectivity index (χ1n) is 8.96. The van der Waals surface area contributed by atoms with Crippen molar-refractivity contribution in [3.05, 3.63) is 52.3 Å². The van der Waals surface area contributed by atoms with Gasteiger partial charge in [-0.15, -0.1) is 24.0 Å². The summed E-state index contributed by atoms with van der Waals surface area (Å²) in [5.74, 6) is 0.941. The third-order valence-electron chi connectivity index (χ3n) is 4.49. The van der Waals surface area contributed by atoms with Crippen LogP contribution in [0.1, 0.15) is 23.7 Å². The number of morpholine rings is 1. The summed E-state index contributed by atoms with van der Waals surface area (Å²) < 4.78 is 8.86. The molecule has 3 rings (SSSR count). The van der Waals surface area contributed by atoms with Crippen LogP contribution >= 0.6 is 39.9 Å². The zero-order valence-corrected chi connectivity index (χ0v) is 19.7. The summed E-state index contributed by atoms with van der Waals surface area (Å²) in [6, 6.07) is 8.48. The maximum Gasteiger partial charge on any atom is 0.193 e. The quantitative estimate of drug-likeness (QED) is 0.270. The smallest absolute Gasteiger partial charge is 0.193 e. The van der Waals surface area contributed by atoms with Crippen molar-refractivity contribution in [2.75, 3.05) is 33.3 Å². The molecule has 6 nitrogen and oxygen atoms in total. The second-order valence-electron chi connectivity index (χ2n) is 6.46. The molecule has 1 aliphatic heterocycles. The molecule has 1 aromatic carbocycles. The van der Waals surface area contributed by atoms with Crippen LogP contribution in [0, 0.1) is 0 Å². The van der Waals surface area contributed by atoms with Gasteiger partial charge in [0.15, 0.2) is 5.96 Å². The fourth-order valence-corrected chi connectivity index (χ4v) is 3.61. The largest absolute Gasteiger partial charge is 0.370 e. The predicted molar refractivity (Wildman–Crippen MR) is 123 cm³/mol. The summed E-state index contributed by atoms with van der Waals surface area (Å²) in [5.41, 5.74) is 2.46. The van der Waals surface area contributed by atoms with Gasteiger partial charge in [0, 0.05) is 43.4 Å². The van der Waals surface area contributed by atoms with E-state index in [0.717, 1.165) is 48.5 Å². The van der Waals surface area contributed by atoms with Gasteiger partial charge >= 0.3 is 0 Å². The maximum atomic E-state index is 5.91. The lowest BCUT2D eigenvalue weighted by Crippen LogP contribution is -2.48. The third-order valence-corrected chi connectivity index (χ3v) is 4.98. The molecule has 27 heavy (non-hydrogen) atoms. The number of nitrogens with zero attached hydrogens (tertiary/aromatic N) is 4. The Morgan fingerprint density at radius 2 is 2.30 bits per heavy atom. The number of aromatic nitrogens is 2. The van der Waals surface area contributed by atoms with E-state index in [4.69, 9.17) is 4.74 Å². The molecule has 1 saturated heterocycles. The molecule has 1 fully saturated rings. The van der Waals surface area contributed by atoms with Crippen LogP contribution in [0.5, 0.6) is 0 Å². The fourth-order valence-electron chi connectivity index (χ4n) is 3.17. The SMILES string of the molecule is CN=C(NCCCc1cccc(Br)c1)N1CCOC(c2cnn(C)c2)C1.I. The van der Waals surface area contributed by atoms with E-state index in [9.17, 15) is 0 Å². The Bertz CT molecular complexity index is 751. The van der Waals surface area contributed by atoms with E-state index in [1.165, 1.54) is 5.56 Å². The van der Waals surface area contributed by atoms with Crippen molar-refractivity contribution >= 4 is 45.9 Å². The fraction of sp³-hybridized carbons (Fsp3) is 0.474. The summed E-state index contributed by atoms with van der Waals surface area (Å²) >= 11 is 3.52. The summed E-state index contributed by atoms with van der Waals surface area (Å²) in [7, 11) is 3.76. The van der Waals surface area contributed by atoms with E-state index < -0.39 is 0 Å². The average molecular weight is 548 g/mol. The second kappa shape index (κ2) is 11.0. The summed E-state index contributed by atoms with van der Waals surface area (Å²) in [6.07, 6.45) is 6.04. The van der Waals surface area contributed by atoms with E-state index in [1.807, 2.05) is 31.2 Å². The molecule has 1 aliphatic rings. The van der Waals surface area contributed by atoms with E-state index in [2.05, 4.69) is 60.5 Å². The highest BCUT2D eigenvalue weighted by molar-refractivity contribution is 14.0. The van der Waals surface area contributed by atoms with Crippen LogP contribution in [0.3, 0.4) is 0 Å². The number of benzene rings is 1. The van der Waals surface area contributed by atoms with Gasteiger partial charge in [-0.05, 0) is 30.5 Å². The molecule has 1 N–H and O–H groups in total. The van der Waals surface area contributed by atoms with E-state index >= 15 is 0 Å². The number of halogens is 2. The minimum Gasteiger partial charge on any atom is -0.370 e. The number of hydrogen-bond donors (Lipinski definition) is 1. The maximum absolute atomic E-state index is 5.91. The molecule has 0 spiro atoms. The Kier molecular flexibility index (Phi) is 9.04. The van der Waals surface area contributed by atoms with Gasteiger partial charge in [0.25, 0.3) is 0 Å². The molecule has 1 atom stereocenters. The molecule has 2 heterocycles. The average Bonchev–Trinajstić information content (AvgIpc) is 3.08. The molecule has 1 aromatic heterocycles. The topological polar surface area (TPSA) is 54.7 Å². The van der Waals surface area contributed by atoms with E-state index in [-0.39, 0.29) is 30.1 Å². The normalized spacial score (nSPS) is 17.5. The Morgan fingerprint density at radius 1 is 1.44 bits per heavy atom. The van der Waals surface area contributed by atoms with Crippen molar-refractivity contribution in [3.63, 3.8) is 0 Å². The van der Waals surface area contributed by atoms with E-state index in [0.29, 0.717) is 6.61 Å². The number of guanidine groups is 1. The van der Waals surface area contributed by atoms with Crippen LogP contribution in [-0.2, 0) is 18.2 Å². The molecule has 0 amide bonds. The van der Waals surface area contributed by atoms with Gasteiger partial charge in [-0.25, -0.2) is 0 Å². The minimum absolute atomic E-state index is 0. The van der Waals surface area contributed by atoms with Gasteiger partial charge in [-0.3, -0.25) is 9.67 Å². The van der Waals surface area contributed by atoms with Crippen molar-refractivity contribution in [1.82, 2.24) is 20.0 Å². The van der Waals surface area contributed by atoms with Gasteiger partial charge < -0.3 is 15.0 Å². The van der Waals surface area contributed by atoms with E-state index in [1.54, 1.807) is 0 Å². The number of ether oxygens (including phenoxy) is 1. The summed E-state index contributed by atoms with van der Waals surface area (Å²) in [4.78, 5) is 6.72. The van der Waals surface area contributed by atoms with Gasteiger partial charge in [0.05, 0.1) is 19.3 Å². The Labute approximate surface area is 186 Å². The Morgan fingerprint density at radius 3 is 3.00 bits per heavy atom. The van der Waals surface area contributed by atoms with Crippen molar-refractivity contribution in [2.45, 2.75) is 18.9 Å². The number of aliphatic imine (C=N–C) groups is 1. The predicted octanol–water partition coefficient (Wildman–Crippen LogP) is 3.38. The van der Waals surface area contributed by atoms with Crippen molar-refractivity contribution < 1.29 is 4.74 Å². The van der Waals surface area contributed by atoms with Crippen LogP contribution < -0.4 is 5.32 Å². The van der Waals surface area contributed by atoms with Crippen molar-refractivity contribution in [1.29, 1.82) is 0 Å². The number of aryl methyl sites for hydroxylation is 2. The molecule has 0 aliphatic carbocycles. The summed E-state index contributed by atoms with van der Waals surface area (Å²) in [5, 5.41) is 7.74. The van der Waals surface area contributed by atoms with Gasteiger partial charge in [0.1, 0.15) is 6.10 Å². The third kappa shape index (κ3) is 6.46. The number of hydrogen-bond acceptors (Lipinski definition) is 3. The van der Waals surface area contributed by atoms with Crippen molar-refractivity contribution in [2.24, 2.45) is 12.0 Å². The standard InChI is InChI=1S/C19H26BrN5O.HI/c1-21-19(22-8-4-6-15-5-3-7-17(20)11-15)25-9-10-26-18(14-25)16-12-23-24(2)13-16;/h3,5,7,11-13,18H,4,6,8-10,14H2,1-2H3,(H,21,22);1H. The highest BCUT2D eigenvalue weighted by Gasteiger charge is 2.24. The number of rotatable bonds is 5. The highest BCUT2D eigenvalue weighted by Crippen LogP contribution is 2.21. The lowest BCUT2D eigenvalue weighted by Gasteiger charge is -2.34. The van der Waals surface area contributed by atoms with Crippen LogP contribution in [0.4, 0.5) is 0 Å². The van der Waals surface area contributed by atoms with Crippen LogP contribution in [0.2, 0.25) is 0 Å². The lowest BCUT2D eigenvalue weighted by molar-refractivity contribution is -0.00801. The van der Waals surface area contributed by atoms with Gasteiger partial charge in [0.2, 0.25) is 0 Å². The molecule has 1 unspecified atom stereocenters. The molecule has 148 valence electrons. The first kappa shape index (κ1) is 22.2. The first-order valence-corrected chi connectivity index (χ1v) is 9.75. The van der Waals surface area contributed by atoms with Crippen LogP contribution in [0.15, 0.2) is 46.1 Å². The highest BCUT2D eigenvalue weighted by atomic mass is 127. The first-order chi connectivity index (χ1) is 12.7. The van der Waals surface area contributed by atoms with Crippen LogP contribution in [-0.4, -0.2) is 53.9 Å². The molecule has 0 saturated carbocycles. The molecular formula is C19H27BrIN5O. The molecular weight excluding hydrogens is 521 g/mol. The van der Waals surface area contributed by atoms with Gasteiger partial charge in [-0.1, -0.05) is 28.1 Å². The minimum atomic E-state index is 0. The van der Waals surface area contributed by atoms with Crippen molar-refractivity contribution in [3.8, 4) is 0 Å². The zero-order valence-electron chi connectivity index (χ0n) is 15.8. The summed E-state index contributed by atoms with van der Waals surface area (Å²) in [6.45, 7) is 3.23. The monoisotopic (exact) mass is 547 g/mol. The van der Waals surface area contributed by atoms with Gasteiger partial charge in [-0.2, -0.15) is 5.10 Å². The molecule has 8 heteroatoms. The molecule has 0 radical (unpaired) electrons. The second-order valence-corrected chi connectivity index (χ2v) is 7.38. The molecule has 2 aromatic rings. The Balaban J connectivity index is 0.00000261. The molecule has 0 bridgehead atoms. The van der Waals surface area contributed by atoms with Crippen LogP contribution in [0.25, 0.3) is 0 Å².